The predicted octanol–water partition coefficient (Wildman–Crippen LogP) is 6.92. The van der Waals surface area contributed by atoms with E-state index in [1.807, 2.05) is 38.1 Å². The van der Waals surface area contributed by atoms with E-state index in [9.17, 15) is 0 Å². The van der Waals surface area contributed by atoms with Crippen molar-refractivity contribution in [2.45, 2.75) is 47.6 Å². The fraction of sp³-hybridized carbons (Fsp3) is 0.385. The SMILES string of the molecule is C=C(C)C(C)C(C)CO.C=C(c1ccc(C)cc1)c1ccc(Cl)cc1.CC(C)O. The number of aryl methyl sites for hydroxylation is 1. The molecule has 0 bridgehead atoms. The number of hydrogen-bond donors (Lipinski definition) is 2. The maximum Gasteiger partial charge on any atom is 0.0483 e. The number of benzene rings is 2. The third-order valence-electron chi connectivity index (χ3n) is 4.51. The first-order valence-corrected chi connectivity index (χ1v) is 10.3. The van der Waals surface area contributed by atoms with E-state index in [0.717, 1.165) is 27.3 Å². The van der Waals surface area contributed by atoms with Crippen molar-refractivity contribution in [3.63, 3.8) is 0 Å². The first kappa shape index (κ1) is 27.1. The number of halogens is 1. The normalized spacial score (nSPS) is 12.1. The summed E-state index contributed by atoms with van der Waals surface area (Å²) in [5.41, 5.74) is 5.68. The highest BCUT2D eigenvalue weighted by Crippen LogP contribution is 2.23. The van der Waals surface area contributed by atoms with Crippen LogP contribution < -0.4 is 0 Å². The highest BCUT2D eigenvalue weighted by atomic mass is 35.5. The Kier molecular flexibility index (Phi) is 13.3. The summed E-state index contributed by atoms with van der Waals surface area (Å²) in [4.78, 5) is 0. The molecule has 2 atom stereocenters. The Labute approximate surface area is 182 Å². The molecule has 29 heavy (non-hydrogen) atoms. The second kappa shape index (κ2) is 14.2. The molecular formula is C26H37ClO2. The lowest BCUT2D eigenvalue weighted by Gasteiger charge is -2.16. The van der Waals surface area contributed by atoms with Gasteiger partial charge in [0, 0.05) is 17.7 Å². The maximum atomic E-state index is 8.71. The van der Waals surface area contributed by atoms with E-state index in [2.05, 4.69) is 51.3 Å². The van der Waals surface area contributed by atoms with Crippen LogP contribution in [0.2, 0.25) is 5.02 Å². The zero-order valence-electron chi connectivity index (χ0n) is 18.7. The van der Waals surface area contributed by atoms with Crippen LogP contribution >= 0.6 is 11.6 Å². The molecule has 0 saturated carbocycles. The third kappa shape index (κ3) is 11.7. The minimum absolute atomic E-state index is 0.167. The quantitative estimate of drug-likeness (QED) is 0.519. The van der Waals surface area contributed by atoms with E-state index in [0.29, 0.717) is 11.8 Å². The minimum atomic E-state index is -0.167. The van der Waals surface area contributed by atoms with Gasteiger partial charge >= 0.3 is 0 Å². The number of hydrogen-bond acceptors (Lipinski definition) is 2. The number of aliphatic hydroxyl groups excluding tert-OH is 2. The van der Waals surface area contributed by atoms with Crippen LogP contribution in [0.25, 0.3) is 5.57 Å². The minimum Gasteiger partial charge on any atom is -0.396 e. The summed E-state index contributed by atoms with van der Waals surface area (Å²) in [5.74, 6) is 0.789. The van der Waals surface area contributed by atoms with Gasteiger partial charge in [0.1, 0.15) is 0 Å². The van der Waals surface area contributed by atoms with Crippen LogP contribution in [0.5, 0.6) is 0 Å². The summed E-state index contributed by atoms with van der Waals surface area (Å²) in [6.07, 6.45) is -0.167. The smallest absolute Gasteiger partial charge is 0.0483 e. The molecule has 2 nitrogen and oxygen atoms in total. The molecule has 0 saturated heterocycles. The summed E-state index contributed by atoms with van der Waals surface area (Å²) in [6.45, 7) is 19.8. The number of allylic oxidation sites excluding steroid dienone is 1. The van der Waals surface area contributed by atoms with E-state index in [1.54, 1.807) is 13.8 Å². The van der Waals surface area contributed by atoms with Crippen molar-refractivity contribution < 1.29 is 10.2 Å². The Balaban J connectivity index is 0.000000512. The Hall–Kier alpha value is -1.87. The van der Waals surface area contributed by atoms with E-state index in [4.69, 9.17) is 21.8 Å². The van der Waals surface area contributed by atoms with Crippen LogP contribution in [0.15, 0.2) is 67.3 Å². The maximum absolute atomic E-state index is 8.71. The molecule has 0 aliphatic carbocycles. The number of rotatable bonds is 5. The Morgan fingerprint density at radius 2 is 1.28 bits per heavy atom. The molecule has 2 rings (SSSR count). The molecule has 0 amide bonds. The second-order valence-corrected chi connectivity index (χ2v) is 8.18. The van der Waals surface area contributed by atoms with Gasteiger partial charge in [0.25, 0.3) is 0 Å². The molecule has 2 aromatic rings. The van der Waals surface area contributed by atoms with Crippen LogP contribution in [0.3, 0.4) is 0 Å². The molecule has 3 heteroatoms. The van der Waals surface area contributed by atoms with Crippen molar-refractivity contribution >= 4 is 17.2 Å². The highest BCUT2D eigenvalue weighted by molar-refractivity contribution is 6.30. The van der Waals surface area contributed by atoms with Crippen molar-refractivity contribution in [3.8, 4) is 0 Å². The van der Waals surface area contributed by atoms with E-state index >= 15 is 0 Å². The summed E-state index contributed by atoms with van der Waals surface area (Å²) >= 11 is 5.85. The lowest BCUT2D eigenvalue weighted by atomic mass is 9.91. The van der Waals surface area contributed by atoms with Gasteiger partial charge in [-0.15, -0.1) is 0 Å². The molecule has 0 aromatic heterocycles. The first-order valence-electron chi connectivity index (χ1n) is 9.95. The van der Waals surface area contributed by atoms with Crippen molar-refractivity contribution in [2.24, 2.45) is 11.8 Å². The zero-order valence-corrected chi connectivity index (χ0v) is 19.5. The standard InChI is InChI=1S/C15H13Cl.C8H16O.C3H8O/c1-11-3-5-13(6-4-11)12(2)14-7-9-15(16)10-8-14;1-6(2)8(4)7(3)5-9;1-3(2)4/h3-10H,2H2,1H3;7-9H,1,5H2,2-4H3;3-4H,1-2H3. The lowest BCUT2D eigenvalue weighted by molar-refractivity contribution is 0.209. The van der Waals surface area contributed by atoms with Gasteiger partial charge in [-0.25, -0.2) is 0 Å². The van der Waals surface area contributed by atoms with Gasteiger partial charge in [0.2, 0.25) is 0 Å². The van der Waals surface area contributed by atoms with E-state index in [1.165, 1.54) is 5.56 Å². The molecule has 0 fully saturated rings. The molecule has 0 heterocycles. The zero-order chi connectivity index (χ0) is 22.6. The van der Waals surface area contributed by atoms with Crippen LogP contribution in [-0.4, -0.2) is 22.9 Å². The molecule has 160 valence electrons. The number of aliphatic hydroxyl groups is 2. The third-order valence-corrected chi connectivity index (χ3v) is 4.76. The first-order chi connectivity index (χ1) is 13.5. The second-order valence-electron chi connectivity index (χ2n) is 7.74. The van der Waals surface area contributed by atoms with E-state index in [-0.39, 0.29) is 12.7 Å². The largest absolute Gasteiger partial charge is 0.396 e. The van der Waals surface area contributed by atoms with Crippen molar-refractivity contribution in [1.29, 1.82) is 0 Å². The molecule has 2 N–H and O–H groups in total. The summed E-state index contributed by atoms with van der Waals surface area (Å²) < 4.78 is 0. The van der Waals surface area contributed by atoms with Gasteiger partial charge in [0.05, 0.1) is 0 Å². The summed E-state index contributed by atoms with van der Waals surface area (Å²) in [6, 6.07) is 16.1. The van der Waals surface area contributed by atoms with Crippen LogP contribution in [-0.2, 0) is 0 Å². The Morgan fingerprint density at radius 1 is 0.897 bits per heavy atom. The summed E-state index contributed by atoms with van der Waals surface area (Å²) in [5, 5.41) is 17.5. The summed E-state index contributed by atoms with van der Waals surface area (Å²) in [7, 11) is 0. The molecule has 0 aliphatic rings. The van der Waals surface area contributed by atoms with Gasteiger partial charge in [0.15, 0.2) is 0 Å². The van der Waals surface area contributed by atoms with Crippen molar-refractivity contribution in [3.05, 3.63) is 89.0 Å². The van der Waals surface area contributed by atoms with Crippen LogP contribution in [0, 0.1) is 18.8 Å². The van der Waals surface area contributed by atoms with Gasteiger partial charge in [-0.3, -0.25) is 0 Å². The molecule has 0 radical (unpaired) electrons. The average molecular weight is 417 g/mol. The Morgan fingerprint density at radius 3 is 1.59 bits per heavy atom. The van der Waals surface area contributed by atoms with Crippen LogP contribution in [0.1, 0.15) is 51.3 Å². The van der Waals surface area contributed by atoms with Gasteiger partial charge < -0.3 is 10.2 Å². The van der Waals surface area contributed by atoms with E-state index < -0.39 is 0 Å². The lowest BCUT2D eigenvalue weighted by Crippen LogP contribution is -2.12. The highest BCUT2D eigenvalue weighted by Gasteiger charge is 2.10. The van der Waals surface area contributed by atoms with Crippen molar-refractivity contribution in [1.82, 2.24) is 0 Å². The molecule has 2 unspecified atom stereocenters. The fourth-order valence-electron chi connectivity index (χ4n) is 2.22. The van der Waals surface area contributed by atoms with Crippen LogP contribution in [0.4, 0.5) is 0 Å². The monoisotopic (exact) mass is 416 g/mol. The molecule has 2 aromatic carbocycles. The van der Waals surface area contributed by atoms with Gasteiger partial charge in [-0.05, 0) is 68.4 Å². The topological polar surface area (TPSA) is 40.5 Å². The molecule has 0 aliphatic heterocycles. The predicted molar refractivity (Wildman–Crippen MR) is 128 cm³/mol. The van der Waals surface area contributed by atoms with Crippen molar-refractivity contribution in [2.75, 3.05) is 6.61 Å². The fourth-order valence-corrected chi connectivity index (χ4v) is 2.34. The average Bonchev–Trinajstić information content (AvgIpc) is 2.67. The van der Waals surface area contributed by atoms with Gasteiger partial charge in [-0.1, -0.05) is 86.1 Å². The van der Waals surface area contributed by atoms with Gasteiger partial charge in [-0.2, -0.15) is 0 Å². The molecular weight excluding hydrogens is 380 g/mol. The Bertz CT molecular complexity index is 680. The molecule has 0 spiro atoms.